The Morgan fingerprint density at radius 2 is 2.39 bits per heavy atom. The van der Waals surface area contributed by atoms with E-state index >= 15 is 0 Å². The van der Waals surface area contributed by atoms with Gasteiger partial charge in [0.25, 0.3) is 0 Å². The Kier molecular flexibility index (Phi) is 6.08. The van der Waals surface area contributed by atoms with Crippen molar-refractivity contribution in [2.45, 2.75) is 13.0 Å². The first-order valence-corrected chi connectivity index (χ1v) is 6.81. The smallest absolute Gasteiger partial charge is 0.223 e. The molecule has 1 fully saturated rings. The predicted molar refractivity (Wildman–Crippen MR) is 75.1 cm³/mol. The van der Waals surface area contributed by atoms with Crippen LogP contribution in [0, 0.1) is 11.8 Å². The number of hydrogen-bond donors (Lipinski definition) is 3. The number of carbonyl (C=O) groups is 1. The molecule has 6 heteroatoms. The Morgan fingerprint density at radius 3 is 2.89 bits per heavy atom. The molecular weight excluding hydrogens is 272 g/mol. The molecule has 2 rings (SSSR count). The van der Waals surface area contributed by atoms with E-state index in [9.17, 15) is 9.90 Å². The summed E-state index contributed by atoms with van der Waals surface area (Å²) in [6.07, 6.45) is -0.600. The average molecular weight is 291 g/mol. The minimum absolute atomic E-state index is 0. The number of amides is 1. The summed E-state index contributed by atoms with van der Waals surface area (Å²) in [5.74, 6) is 0.491. The fourth-order valence-electron chi connectivity index (χ4n) is 1.82. The lowest BCUT2D eigenvalue weighted by Crippen LogP contribution is -2.50. The van der Waals surface area contributed by atoms with Gasteiger partial charge in [-0.3, -0.25) is 4.79 Å². The number of halogens is 1. The summed E-state index contributed by atoms with van der Waals surface area (Å²) in [5, 5.41) is 19.6. The minimum atomic E-state index is -0.600. The molecule has 1 aromatic heterocycles. The van der Waals surface area contributed by atoms with Gasteiger partial charge >= 0.3 is 0 Å². The van der Waals surface area contributed by atoms with Crippen molar-refractivity contribution in [3.05, 3.63) is 22.4 Å². The monoisotopic (exact) mass is 290 g/mol. The molecule has 2 unspecified atom stereocenters. The molecular formula is C12H19ClN2O2S. The highest BCUT2D eigenvalue weighted by Gasteiger charge is 2.28. The highest BCUT2D eigenvalue weighted by atomic mass is 35.5. The number of hydrogen-bond acceptors (Lipinski definition) is 4. The van der Waals surface area contributed by atoms with Gasteiger partial charge in [0.15, 0.2) is 0 Å². The van der Waals surface area contributed by atoms with E-state index in [-0.39, 0.29) is 24.2 Å². The maximum absolute atomic E-state index is 11.8. The van der Waals surface area contributed by atoms with Gasteiger partial charge in [-0.15, -0.1) is 12.4 Å². The first-order chi connectivity index (χ1) is 8.18. The van der Waals surface area contributed by atoms with Crippen LogP contribution in [0.3, 0.4) is 0 Å². The molecule has 0 bridgehead atoms. The fraction of sp³-hybridized carbons (Fsp3) is 0.583. The molecule has 1 amide bonds. The lowest BCUT2D eigenvalue weighted by atomic mass is 9.88. The van der Waals surface area contributed by atoms with Crippen LogP contribution in [0.25, 0.3) is 0 Å². The van der Waals surface area contributed by atoms with Crippen LogP contribution in [0.5, 0.6) is 0 Å². The zero-order valence-corrected chi connectivity index (χ0v) is 11.9. The van der Waals surface area contributed by atoms with Gasteiger partial charge in [0.05, 0.1) is 6.10 Å². The molecule has 4 nitrogen and oxygen atoms in total. The standard InChI is InChI=1S/C12H18N2O2S.ClH/c1-8(10-4-13-5-10)12(16)14-6-11(15)9-2-3-17-7-9;/h2-3,7-8,10-11,13,15H,4-6H2,1H3,(H,14,16);1H. The molecule has 0 aliphatic carbocycles. The van der Waals surface area contributed by atoms with Crippen molar-refractivity contribution in [2.75, 3.05) is 19.6 Å². The topological polar surface area (TPSA) is 61.4 Å². The molecule has 18 heavy (non-hydrogen) atoms. The molecule has 102 valence electrons. The van der Waals surface area contributed by atoms with E-state index in [2.05, 4.69) is 10.6 Å². The molecule has 1 aliphatic rings. The summed E-state index contributed by atoms with van der Waals surface area (Å²) in [4.78, 5) is 11.8. The summed E-state index contributed by atoms with van der Waals surface area (Å²) < 4.78 is 0. The first kappa shape index (κ1) is 15.4. The number of aliphatic hydroxyl groups excluding tert-OH is 1. The lowest BCUT2D eigenvalue weighted by molar-refractivity contribution is -0.127. The van der Waals surface area contributed by atoms with Crippen LogP contribution in [0.1, 0.15) is 18.6 Å². The van der Waals surface area contributed by atoms with Crippen molar-refractivity contribution in [1.29, 1.82) is 0 Å². The Balaban J connectivity index is 0.00000162. The average Bonchev–Trinajstić information content (AvgIpc) is 2.76. The van der Waals surface area contributed by atoms with Gasteiger partial charge in [0, 0.05) is 12.5 Å². The highest BCUT2D eigenvalue weighted by molar-refractivity contribution is 7.07. The van der Waals surface area contributed by atoms with Crippen molar-refractivity contribution in [2.24, 2.45) is 11.8 Å². The van der Waals surface area contributed by atoms with Crippen molar-refractivity contribution in [3.8, 4) is 0 Å². The summed E-state index contributed by atoms with van der Waals surface area (Å²) in [7, 11) is 0. The second-order valence-corrected chi connectivity index (χ2v) is 5.30. The Labute approximate surface area is 117 Å². The highest BCUT2D eigenvalue weighted by Crippen LogP contribution is 2.17. The molecule has 0 aromatic carbocycles. The molecule has 1 aliphatic heterocycles. The maximum atomic E-state index is 11.8. The maximum Gasteiger partial charge on any atom is 0.223 e. The van der Waals surface area contributed by atoms with E-state index in [1.807, 2.05) is 23.8 Å². The second-order valence-electron chi connectivity index (χ2n) is 4.52. The number of rotatable bonds is 5. The molecule has 3 N–H and O–H groups in total. The lowest BCUT2D eigenvalue weighted by Gasteiger charge is -2.31. The number of aliphatic hydroxyl groups is 1. The van der Waals surface area contributed by atoms with Gasteiger partial charge in [0.2, 0.25) is 5.91 Å². The quantitative estimate of drug-likeness (QED) is 0.763. The molecule has 0 saturated carbocycles. The van der Waals surface area contributed by atoms with Crippen LogP contribution in [-0.2, 0) is 4.79 Å². The number of thiophene rings is 1. The molecule has 0 radical (unpaired) electrons. The van der Waals surface area contributed by atoms with Crippen LogP contribution < -0.4 is 10.6 Å². The first-order valence-electron chi connectivity index (χ1n) is 5.87. The molecule has 2 atom stereocenters. The van der Waals surface area contributed by atoms with Crippen molar-refractivity contribution >= 4 is 29.7 Å². The van der Waals surface area contributed by atoms with E-state index in [1.54, 1.807) is 11.3 Å². The van der Waals surface area contributed by atoms with Crippen LogP contribution in [0.4, 0.5) is 0 Å². The summed E-state index contributed by atoms with van der Waals surface area (Å²) >= 11 is 1.55. The molecule has 0 spiro atoms. The van der Waals surface area contributed by atoms with E-state index in [0.717, 1.165) is 18.7 Å². The third-order valence-corrected chi connectivity index (χ3v) is 4.03. The van der Waals surface area contributed by atoms with Gasteiger partial charge in [-0.25, -0.2) is 0 Å². The summed E-state index contributed by atoms with van der Waals surface area (Å²) in [5.41, 5.74) is 0.869. The third kappa shape index (κ3) is 3.68. The van der Waals surface area contributed by atoms with Gasteiger partial charge in [-0.2, -0.15) is 11.3 Å². The van der Waals surface area contributed by atoms with Gasteiger partial charge in [-0.1, -0.05) is 6.92 Å². The van der Waals surface area contributed by atoms with Crippen LogP contribution in [0.15, 0.2) is 16.8 Å². The van der Waals surface area contributed by atoms with E-state index in [4.69, 9.17) is 0 Å². The second kappa shape index (κ2) is 7.09. The van der Waals surface area contributed by atoms with Crippen molar-refractivity contribution < 1.29 is 9.90 Å². The Morgan fingerprint density at radius 1 is 1.67 bits per heavy atom. The zero-order valence-electron chi connectivity index (χ0n) is 10.3. The normalized spacial score (nSPS) is 18.3. The van der Waals surface area contributed by atoms with E-state index in [0.29, 0.717) is 12.5 Å². The molecule has 1 saturated heterocycles. The predicted octanol–water partition coefficient (Wildman–Crippen LogP) is 1.17. The fourth-order valence-corrected chi connectivity index (χ4v) is 2.53. The number of nitrogens with one attached hydrogen (secondary N) is 2. The van der Waals surface area contributed by atoms with Gasteiger partial charge in [-0.05, 0) is 41.4 Å². The molecule has 2 heterocycles. The van der Waals surface area contributed by atoms with Gasteiger partial charge in [0.1, 0.15) is 0 Å². The Bertz CT molecular complexity index is 368. The largest absolute Gasteiger partial charge is 0.387 e. The zero-order chi connectivity index (χ0) is 12.3. The third-order valence-electron chi connectivity index (χ3n) is 3.33. The number of carbonyl (C=O) groups excluding carboxylic acids is 1. The van der Waals surface area contributed by atoms with Gasteiger partial charge < -0.3 is 15.7 Å². The van der Waals surface area contributed by atoms with E-state index < -0.39 is 6.10 Å². The van der Waals surface area contributed by atoms with Crippen molar-refractivity contribution in [3.63, 3.8) is 0 Å². The van der Waals surface area contributed by atoms with Crippen molar-refractivity contribution in [1.82, 2.24) is 10.6 Å². The van der Waals surface area contributed by atoms with Crippen LogP contribution in [0.2, 0.25) is 0 Å². The SMILES string of the molecule is CC(C(=O)NCC(O)c1ccsc1)C1CNC1.Cl. The minimum Gasteiger partial charge on any atom is -0.387 e. The van der Waals surface area contributed by atoms with Crippen LogP contribution in [-0.4, -0.2) is 30.6 Å². The molecule has 1 aromatic rings. The Hall–Kier alpha value is -0.620. The van der Waals surface area contributed by atoms with E-state index in [1.165, 1.54) is 0 Å². The van der Waals surface area contributed by atoms with Crippen LogP contribution >= 0.6 is 23.7 Å². The summed E-state index contributed by atoms with van der Waals surface area (Å²) in [6, 6.07) is 1.88. The summed E-state index contributed by atoms with van der Waals surface area (Å²) in [6.45, 7) is 4.07.